The van der Waals surface area contributed by atoms with Crippen molar-refractivity contribution < 1.29 is 34.1 Å². The van der Waals surface area contributed by atoms with Gasteiger partial charge in [-0.3, -0.25) is 39.4 Å². The zero-order valence-corrected chi connectivity index (χ0v) is 25.5. The third-order valence-corrected chi connectivity index (χ3v) is 10.5. The second-order valence-corrected chi connectivity index (χ2v) is 12.8. The maximum atomic E-state index is 14.4. The van der Waals surface area contributed by atoms with Crippen molar-refractivity contribution >= 4 is 57.2 Å². The van der Waals surface area contributed by atoms with E-state index in [1.165, 1.54) is 42.5 Å². The summed E-state index contributed by atoms with van der Waals surface area (Å²) in [5, 5.41) is 36.0. The number of hydrogen-bond acceptors (Lipinski definition) is 9. The normalized spacial score (nSPS) is 26.0. The van der Waals surface area contributed by atoms with Crippen LogP contribution in [0.1, 0.15) is 24.3 Å². The number of carbonyl (C=O) groups is 4. The lowest BCUT2D eigenvalue weighted by Gasteiger charge is -2.44. The number of aromatic hydroxyl groups is 1. The lowest BCUT2D eigenvalue weighted by molar-refractivity contribution is -0.385. The standard InChI is InChI=1S/C36H26N4O9/c41-32-23-10-2-1-5-18(23)11-12-25(32)29-24-13-14-26-30(35(44)37(33(26)42)19-6-3-8-21(15-19)39(46)47)27(24)17-28-31(29)36(45)38(34(28)43)20-7-4-9-22(16-20)40(48)49/h1-13,15-16,26-31,41H,14,17H2/t26-,27+,28+,29+,30-,31+/m0/s1. The highest BCUT2D eigenvalue weighted by Crippen LogP contribution is 2.59. The van der Waals surface area contributed by atoms with Gasteiger partial charge in [0.25, 0.3) is 11.4 Å². The molecule has 13 nitrogen and oxygen atoms in total. The van der Waals surface area contributed by atoms with Gasteiger partial charge in [-0.05, 0) is 36.3 Å². The summed E-state index contributed by atoms with van der Waals surface area (Å²) in [4.78, 5) is 80.4. The molecule has 4 aromatic carbocycles. The lowest BCUT2D eigenvalue weighted by atomic mass is 9.57. The van der Waals surface area contributed by atoms with Crippen molar-refractivity contribution in [3.63, 3.8) is 0 Å². The average molecular weight is 659 g/mol. The van der Waals surface area contributed by atoms with Crippen LogP contribution in [0.5, 0.6) is 5.75 Å². The van der Waals surface area contributed by atoms with E-state index in [1.807, 2.05) is 24.3 Å². The Bertz CT molecular complexity index is 2210. The van der Waals surface area contributed by atoms with Gasteiger partial charge in [0.05, 0.1) is 44.9 Å². The van der Waals surface area contributed by atoms with E-state index in [9.17, 15) is 44.5 Å². The predicted octanol–water partition coefficient (Wildman–Crippen LogP) is 5.41. The number of benzene rings is 4. The second-order valence-electron chi connectivity index (χ2n) is 12.8. The average Bonchev–Trinajstić information content (AvgIpc) is 3.51. The van der Waals surface area contributed by atoms with Gasteiger partial charge >= 0.3 is 0 Å². The monoisotopic (exact) mass is 658 g/mol. The fraction of sp³-hybridized carbons (Fsp3) is 0.222. The minimum atomic E-state index is -1.00. The maximum absolute atomic E-state index is 14.4. The van der Waals surface area contributed by atoms with Crippen LogP contribution in [0.3, 0.4) is 0 Å². The third-order valence-electron chi connectivity index (χ3n) is 10.5. The molecule has 2 aliphatic heterocycles. The molecule has 2 aliphatic carbocycles. The van der Waals surface area contributed by atoms with Crippen LogP contribution < -0.4 is 9.80 Å². The number of carbonyl (C=O) groups excluding carboxylic acids is 4. The van der Waals surface area contributed by atoms with Gasteiger partial charge in [0.1, 0.15) is 5.75 Å². The first kappa shape index (κ1) is 30.1. The molecular weight excluding hydrogens is 632 g/mol. The summed E-state index contributed by atoms with van der Waals surface area (Å²) in [5.41, 5.74) is 0.567. The number of phenolic OH excluding ortho intramolecular Hbond substituents is 1. The van der Waals surface area contributed by atoms with Crippen molar-refractivity contribution in [2.45, 2.75) is 18.8 Å². The number of hydrogen-bond donors (Lipinski definition) is 1. The first-order valence-corrected chi connectivity index (χ1v) is 15.7. The fourth-order valence-corrected chi connectivity index (χ4v) is 8.46. The Morgan fingerprint density at radius 3 is 1.88 bits per heavy atom. The molecule has 13 heteroatoms. The number of rotatable bonds is 5. The van der Waals surface area contributed by atoms with Gasteiger partial charge in [0.2, 0.25) is 23.6 Å². The number of nitro groups is 2. The minimum Gasteiger partial charge on any atom is -0.507 e. The van der Waals surface area contributed by atoms with Gasteiger partial charge in [-0.2, -0.15) is 0 Å². The summed E-state index contributed by atoms with van der Waals surface area (Å²) < 4.78 is 0. The van der Waals surface area contributed by atoms with E-state index in [-0.39, 0.29) is 41.3 Å². The predicted molar refractivity (Wildman–Crippen MR) is 174 cm³/mol. The van der Waals surface area contributed by atoms with Crippen molar-refractivity contribution in [1.82, 2.24) is 0 Å². The molecule has 2 saturated heterocycles. The first-order valence-electron chi connectivity index (χ1n) is 15.7. The molecule has 8 rings (SSSR count). The number of nitro benzene ring substituents is 2. The molecule has 3 fully saturated rings. The largest absolute Gasteiger partial charge is 0.507 e. The highest BCUT2D eigenvalue weighted by Gasteiger charge is 2.62. The number of imide groups is 2. The Morgan fingerprint density at radius 2 is 1.24 bits per heavy atom. The van der Waals surface area contributed by atoms with E-state index in [4.69, 9.17) is 0 Å². The van der Waals surface area contributed by atoms with Gasteiger partial charge in [-0.1, -0.05) is 60.2 Å². The lowest BCUT2D eigenvalue weighted by Crippen LogP contribution is -2.43. The zero-order chi connectivity index (χ0) is 34.3. The molecule has 6 atom stereocenters. The third kappa shape index (κ3) is 4.38. The van der Waals surface area contributed by atoms with Crippen molar-refractivity contribution in [2.24, 2.45) is 29.6 Å². The molecule has 4 amide bonds. The van der Waals surface area contributed by atoms with Crippen LogP contribution in [0.15, 0.2) is 96.6 Å². The molecule has 1 saturated carbocycles. The molecule has 0 bridgehead atoms. The number of amides is 4. The Hall–Kier alpha value is -6.24. The summed E-state index contributed by atoms with van der Waals surface area (Å²) in [6.07, 6.45) is 2.02. The molecule has 2 heterocycles. The van der Waals surface area contributed by atoms with Gasteiger partial charge < -0.3 is 5.11 Å². The molecule has 0 unspecified atom stereocenters. The second kappa shape index (κ2) is 10.9. The van der Waals surface area contributed by atoms with E-state index < -0.39 is 69.0 Å². The van der Waals surface area contributed by atoms with Crippen LogP contribution in [0, 0.1) is 49.8 Å². The topological polar surface area (TPSA) is 181 Å². The van der Waals surface area contributed by atoms with Gasteiger partial charge in [-0.15, -0.1) is 0 Å². The minimum absolute atomic E-state index is 0.0406. The van der Waals surface area contributed by atoms with Crippen LogP contribution in [0.2, 0.25) is 0 Å². The SMILES string of the molecule is O=C1[C@H]2[C@H](CC=C3[C@H]2C[C@H]2C(=O)N(c4cccc([N+](=O)[O-])c4)C(=O)[C@H]2[C@H]3c2ccc3ccccc3c2O)C(=O)N1c1cccc([N+](=O)[O-])c1. The number of fused-ring (bicyclic) bond motifs is 5. The number of phenols is 1. The highest BCUT2D eigenvalue weighted by molar-refractivity contribution is 6.24. The molecule has 4 aromatic rings. The van der Waals surface area contributed by atoms with Crippen LogP contribution in [-0.4, -0.2) is 38.6 Å². The van der Waals surface area contributed by atoms with Crippen molar-refractivity contribution in [3.05, 3.63) is 122 Å². The van der Waals surface area contributed by atoms with Crippen molar-refractivity contribution in [2.75, 3.05) is 9.80 Å². The van der Waals surface area contributed by atoms with Crippen LogP contribution >= 0.6 is 0 Å². The number of allylic oxidation sites excluding steroid dienone is 2. The molecular formula is C36H26N4O9. The Kier molecular flexibility index (Phi) is 6.70. The maximum Gasteiger partial charge on any atom is 0.271 e. The molecule has 1 N–H and O–H groups in total. The van der Waals surface area contributed by atoms with Crippen LogP contribution in [-0.2, 0) is 19.2 Å². The van der Waals surface area contributed by atoms with Crippen LogP contribution in [0.4, 0.5) is 22.7 Å². The Labute approximate surface area is 277 Å². The van der Waals surface area contributed by atoms with Gasteiger partial charge in [0, 0.05) is 41.1 Å². The number of non-ortho nitro benzene ring substituents is 2. The number of anilines is 2. The molecule has 49 heavy (non-hydrogen) atoms. The smallest absolute Gasteiger partial charge is 0.271 e. The molecule has 0 aromatic heterocycles. The summed E-state index contributed by atoms with van der Waals surface area (Å²) in [6.45, 7) is 0. The summed E-state index contributed by atoms with van der Waals surface area (Å²) in [6, 6.07) is 21.2. The van der Waals surface area contributed by atoms with Crippen molar-refractivity contribution in [3.8, 4) is 5.75 Å². The summed E-state index contributed by atoms with van der Waals surface area (Å²) >= 11 is 0. The Morgan fingerprint density at radius 1 is 0.653 bits per heavy atom. The van der Waals surface area contributed by atoms with E-state index in [0.29, 0.717) is 16.5 Å². The van der Waals surface area contributed by atoms with E-state index in [2.05, 4.69) is 0 Å². The van der Waals surface area contributed by atoms with E-state index >= 15 is 0 Å². The summed E-state index contributed by atoms with van der Waals surface area (Å²) in [5.74, 6) is -7.56. The fourth-order valence-electron chi connectivity index (χ4n) is 8.46. The van der Waals surface area contributed by atoms with Gasteiger partial charge in [-0.25, -0.2) is 9.80 Å². The quantitative estimate of drug-likeness (QED) is 0.127. The molecule has 0 radical (unpaired) electrons. The van der Waals surface area contributed by atoms with Crippen molar-refractivity contribution in [1.29, 1.82) is 0 Å². The van der Waals surface area contributed by atoms with E-state index in [1.54, 1.807) is 18.2 Å². The first-order chi connectivity index (χ1) is 23.6. The number of nitrogens with zero attached hydrogens (tertiary/aromatic N) is 4. The van der Waals surface area contributed by atoms with E-state index in [0.717, 1.165) is 21.3 Å². The molecule has 0 spiro atoms. The van der Waals surface area contributed by atoms with Crippen LogP contribution in [0.25, 0.3) is 10.8 Å². The molecule has 244 valence electrons. The zero-order valence-electron chi connectivity index (χ0n) is 25.5. The van der Waals surface area contributed by atoms with Gasteiger partial charge in [0.15, 0.2) is 0 Å². The molecule has 4 aliphatic rings. The Balaban J connectivity index is 1.26. The summed E-state index contributed by atoms with van der Waals surface area (Å²) in [7, 11) is 0. The highest BCUT2D eigenvalue weighted by atomic mass is 16.6.